The fourth-order valence-corrected chi connectivity index (χ4v) is 7.81. The van der Waals surface area contributed by atoms with Gasteiger partial charge in [0.25, 0.3) is 0 Å². The van der Waals surface area contributed by atoms with Crippen molar-refractivity contribution in [2.24, 2.45) is 47.3 Å². The van der Waals surface area contributed by atoms with Gasteiger partial charge in [-0.25, -0.2) is 14.4 Å². The van der Waals surface area contributed by atoms with Gasteiger partial charge in [0.2, 0.25) is 0 Å². The lowest BCUT2D eigenvalue weighted by molar-refractivity contribution is -0.193. The molecule has 4 aliphatic heterocycles. The third-order valence-electron chi connectivity index (χ3n) is 11.4. The molecule has 384 valence electrons. The Morgan fingerprint density at radius 3 is 1.58 bits per heavy atom. The van der Waals surface area contributed by atoms with Crippen molar-refractivity contribution in [3.8, 4) is 0 Å². The van der Waals surface area contributed by atoms with Crippen LogP contribution in [0, 0.1) is 47.3 Å². The van der Waals surface area contributed by atoms with E-state index in [-0.39, 0.29) is 70.0 Å². The molecule has 23 heteroatoms. The summed E-state index contributed by atoms with van der Waals surface area (Å²) in [6.07, 6.45) is -2.88. The molecule has 4 heterocycles. The molecular weight excluding hydrogens is 920 g/mol. The molecule has 0 saturated carbocycles. The molecule has 0 radical (unpaired) electrons. The van der Waals surface area contributed by atoms with Crippen LogP contribution in [-0.2, 0) is 95.4 Å². The molecule has 12 atom stereocenters. The SMILES string of the molecule is C=C(C)C(=O)OCCO.C=C(C)C(=O)OCCOC(=O)C(C)C(C(=O)O)C1CC(C(=O)OCCOC(=O)C(=C)C)C(C(=O)O)C(CC)O1.CCC1OC(C2C(=O)OC(=O)C2C)CC2C(=O)OC(=O)C12. The van der Waals surface area contributed by atoms with Crippen LogP contribution in [-0.4, -0.2) is 145 Å². The number of hydrogen-bond acceptors (Lipinski definition) is 21. The molecule has 0 spiro atoms. The summed E-state index contributed by atoms with van der Waals surface area (Å²) in [5, 5.41) is 27.9. The molecule has 3 N–H and O–H groups in total. The Balaban J connectivity index is 0.000000446. The number of rotatable bonds is 20. The first-order valence-corrected chi connectivity index (χ1v) is 22.0. The van der Waals surface area contributed by atoms with Gasteiger partial charge in [0, 0.05) is 16.7 Å². The van der Waals surface area contributed by atoms with Gasteiger partial charge in [0.05, 0.1) is 78.4 Å². The maximum atomic E-state index is 12.9. The first-order chi connectivity index (χ1) is 32.3. The van der Waals surface area contributed by atoms with Gasteiger partial charge >= 0.3 is 65.7 Å². The average molecular weight is 983 g/mol. The molecule has 4 rings (SSSR count). The standard InChI is InChI=1S/C26H36O13.C14H16O7.C6H10O3/c1-7-17-20(22(29)30)16(26(34)38-11-9-36-24(32)14(4)5)12-18(39-17)19(21(27)28)15(6)25(33)37-10-8-35-23(31)13(2)3;1-3-7-10-6(12(16)21-14(10)18)4-8(19-7)9-5(2)11(15)20-13(9)17;1-5(2)6(8)9-4-3-7/h15-20H,2,4,7-12H2,1,3,5-6H3,(H,27,28)(H,29,30);5-10H,3-4H2,1-2H3;7H,1,3-4H2,2H3. The zero-order valence-electron chi connectivity index (χ0n) is 39.6. The Kier molecular flexibility index (Phi) is 23.5. The van der Waals surface area contributed by atoms with E-state index in [9.17, 15) is 63.0 Å². The summed E-state index contributed by atoms with van der Waals surface area (Å²) in [7, 11) is 0. The van der Waals surface area contributed by atoms with E-state index in [1.807, 2.05) is 6.92 Å². The van der Waals surface area contributed by atoms with Gasteiger partial charge < -0.3 is 58.0 Å². The van der Waals surface area contributed by atoms with Crippen LogP contribution in [0.1, 0.15) is 74.1 Å². The molecule has 0 bridgehead atoms. The fraction of sp³-hybridized carbons (Fsp3) is 0.630. The second kappa shape index (κ2) is 27.6. The van der Waals surface area contributed by atoms with Crippen molar-refractivity contribution in [3.63, 3.8) is 0 Å². The highest BCUT2D eigenvalue weighted by atomic mass is 16.6. The van der Waals surface area contributed by atoms with Crippen molar-refractivity contribution < 1.29 is 111 Å². The van der Waals surface area contributed by atoms with Crippen LogP contribution >= 0.6 is 0 Å². The van der Waals surface area contributed by atoms with E-state index in [1.54, 1.807) is 20.8 Å². The Bertz CT molecular complexity index is 1990. The summed E-state index contributed by atoms with van der Waals surface area (Å²) < 4.78 is 45.3. The van der Waals surface area contributed by atoms with Crippen molar-refractivity contribution in [2.45, 2.75) is 98.6 Å². The quantitative estimate of drug-likeness (QED) is 0.0515. The van der Waals surface area contributed by atoms with Gasteiger partial charge in [-0.05, 0) is 46.5 Å². The van der Waals surface area contributed by atoms with E-state index < -0.39 is 137 Å². The number of hydrogen-bond donors (Lipinski definition) is 3. The monoisotopic (exact) mass is 982 g/mol. The summed E-state index contributed by atoms with van der Waals surface area (Å²) in [5.41, 5.74) is 0.648. The Morgan fingerprint density at radius 2 is 1.13 bits per heavy atom. The van der Waals surface area contributed by atoms with Gasteiger partial charge in [-0.1, -0.05) is 47.4 Å². The molecule has 0 amide bonds. The number of esters is 9. The van der Waals surface area contributed by atoms with Crippen molar-refractivity contribution in [1.29, 1.82) is 0 Å². The lowest BCUT2D eigenvalue weighted by Crippen LogP contribution is -2.52. The van der Waals surface area contributed by atoms with Crippen molar-refractivity contribution in [2.75, 3.05) is 39.6 Å². The molecule has 0 aromatic heterocycles. The highest BCUT2D eigenvalue weighted by molar-refractivity contribution is 5.98. The summed E-state index contributed by atoms with van der Waals surface area (Å²) in [4.78, 5) is 130. The fourth-order valence-electron chi connectivity index (χ4n) is 7.81. The minimum absolute atomic E-state index is 0.0473. The largest absolute Gasteiger partial charge is 0.481 e. The van der Waals surface area contributed by atoms with Gasteiger partial charge in [-0.15, -0.1) is 0 Å². The molecule has 23 nitrogen and oxygen atoms in total. The van der Waals surface area contributed by atoms with Crippen molar-refractivity contribution in [1.82, 2.24) is 0 Å². The number of aliphatic hydroxyl groups is 1. The number of fused-ring (bicyclic) bond motifs is 1. The molecule has 0 aromatic carbocycles. The van der Waals surface area contributed by atoms with Gasteiger partial charge in [-0.3, -0.25) is 38.4 Å². The number of carbonyl (C=O) groups is 11. The smallest absolute Gasteiger partial charge is 0.333 e. The maximum absolute atomic E-state index is 12.9. The van der Waals surface area contributed by atoms with E-state index in [0.29, 0.717) is 12.0 Å². The van der Waals surface area contributed by atoms with E-state index in [0.717, 1.165) is 0 Å². The first-order valence-electron chi connectivity index (χ1n) is 22.0. The Labute approximate surface area is 397 Å². The highest BCUT2D eigenvalue weighted by Crippen LogP contribution is 2.43. The predicted molar refractivity (Wildman–Crippen MR) is 230 cm³/mol. The summed E-state index contributed by atoms with van der Waals surface area (Å²) >= 11 is 0. The summed E-state index contributed by atoms with van der Waals surface area (Å²) in [5.74, 6) is -16.7. The zero-order chi connectivity index (χ0) is 52.4. The number of aliphatic carboxylic acids is 2. The van der Waals surface area contributed by atoms with E-state index in [4.69, 9.17) is 33.5 Å². The number of ether oxygens (including phenoxy) is 9. The predicted octanol–water partition coefficient (Wildman–Crippen LogP) is 1.84. The second-order valence-corrected chi connectivity index (χ2v) is 16.6. The molecule has 4 aliphatic rings. The Morgan fingerprint density at radius 1 is 0.652 bits per heavy atom. The summed E-state index contributed by atoms with van der Waals surface area (Å²) in [6.45, 7) is 19.6. The molecule has 4 saturated heterocycles. The topological polar surface area (TPSA) is 332 Å². The van der Waals surface area contributed by atoms with Gasteiger partial charge in [0.15, 0.2) is 0 Å². The van der Waals surface area contributed by atoms with E-state index >= 15 is 0 Å². The number of aliphatic hydroxyl groups excluding tert-OH is 1. The summed E-state index contributed by atoms with van der Waals surface area (Å²) in [6, 6.07) is 0. The van der Waals surface area contributed by atoms with Crippen LogP contribution in [0.5, 0.6) is 0 Å². The number of carboxylic acid groups (broad SMARTS) is 2. The average Bonchev–Trinajstić information content (AvgIpc) is 3.73. The van der Waals surface area contributed by atoms with Crippen LogP contribution in [0.2, 0.25) is 0 Å². The third-order valence-corrected chi connectivity index (χ3v) is 11.4. The van der Waals surface area contributed by atoms with Crippen LogP contribution in [0.15, 0.2) is 36.5 Å². The van der Waals surface area contributed by atoms with Gasteiger partial charge in [0.1, 0.15) is 33.0 Å². The molecule has 69 heavy (non-hydrogen) atoms. The molecular formula is C46H62O23. The van der Waals surface area contributed by atoms with Crippen LogP contribution < -0.4 is 0 Å². The first kappa shape index (κ1) is 58.8. The minimum Gasteiger partial charge on any atom is -0.481 e. The molecule has 12 unspecified atom stereocenters. The molecule has 0 aromatic rings. The van der Waals surface area contributed by atoms with Crippen molar-refractivity contribution >= 4 is 65.7 Å². The molecule has 0 aliphatic carbocycles. The van der Waals surface area contributed by atoms with E-state index in [1.165, 1.54) is 20.8 Å². The number of carbonyl (C=O) groups excluding carboxylic acids is 9. The van der Waals surface area contributed by atoms with Gasteiger partial charge in [-0.2, -0.15) is 0 Å². The van der Waals surface area contributed by atoms with Crippen LogP contribution in [0.3, 0.4) is 0 Å². The molecule has 4 fully saturated rings. The van der Waals surface area contributed by atoms with Crippen molar-refractivity contribution in [3.05, 3.63) is 36.5 Å². The number of carboxylic acids is 2. The zero-order valence-corrected chi connectivity index (χ0v) is 39.6. The minimum atomic E-state index is -1.49. The van der Waals surface area contributed by atoms with Crippen LogP contribution in [0.4, 0.5) is 0 Å². The van der Waals surface area contributed by atoms with Crippen LogP contribution in [0.25, 0.3) is 0 Å². The number of cyclic esters (lactones) is 4. The second-order valence-electron chi connectivity index (χ2n) is 16.6. The normalized spacial score (nSPS) is 26.6. The highest BCUT2D eigenvalue weighted by Gasteiger charge is 2.57. The lowest BCUT2D eigenvalue weighted by Gasteiger charge is -2.41. The van der Waals surface area contributed by atoms with E-state index in [2.05, 4.69) is 33.9 Å². The third kappa shape index (κ3) is 16.4. The lowest BCUT2D eigenvalue weighted by atomic mass is 9.75. The Hall–Kier alpha value is -6.33. The maximum Gasteiger partial charge on any atom is 0.333 e.